The smallest absolute Gasteiger partial charge is 0.222 e. The maximum atomic E-state index is 8.35. The lowest BCUT2D eigenvalue weighted by Gasteiger charge is -2.13. The lowest BCUT2D eigenvalue weighted by atomic mass is 9.92. The molecule has 0 radical (unpaired) electrons. The number of fused-ring (bicyclic) bond motifs is 1. The van der Waals surface area contributed by atoms with Crippen LogP contribution in [0.4, 0.5) is 0 Å². The van der Waals surface area contributed by atoms with Crippen molar-refractivity contribution >= 4 is 12.2 Å². The van der Waals surface area contributed by atoms with E-state index in [4.69, 9.17) is 20.4 Å². The summed E-state index contributed by atoms with van der Waals surface area (Å²) < 4.78 is 0. The van der Waals surface area contributed by atoms with Crippen molar-refractivity contribution in [3.8, 4) is 0 Å². The van der Waals surface area contributed by atoms with E-state index in [1.165, 1.54) is 25.7 Å². The van der Waals surface area contributed by atoms with E-state index < -0.39 is 0 Å². The van der Waals surface area contributed by atoms with Gasteiger partial charge in [0, 0.05) is 0 Å². The Hall–Kier alpha value is -2.02. The lowest BCUT2D eigenvalue weighted by Crippen LogP contribution is -2.00. The summed E-state index contributed by atoms with van der Waals surface area (Å²) in [6, 6.07) is 8.80. The summed E-state index contributed by atoms with van der Waals surface area (Å²) in [5, 5.41) is 10.8. The Morgan fingerprint density at radius 1 is 0.875 bits per heavy atom. The van der Waals surface area contributed by atoms with E-state index in [0.717, 1.165) is 12.2 Å². The molecule has 1 aliphatic rings. The average molecular weight is 218 g/mol. The Morgan fingerprint density at radius 3 is 1.50 bits per heavy atom. The van der Waals surface area contributed by atoms with E-state index >= 15 is 0 Å². The third-order valence-electron chi connectivity index (χ3n) is 2.26. The fraction of sp³-hybridized carbons (Fsp3) is 0.333. The van der Waals surface area contributed by atoms with Gasteiger partial charge < -0.3 is 0 Å². The zero-order valence-corrected chi connectivity index (χ0v) is 8.95. The summed E-state index contributed by atoms with van der Waals surface area (Å²) in [4.78, 5) is 16.7. The summed E-state index contributed by atoms with van der Waals surface area (Å²) >= 11 is 0. The number of aryl methyl sites for hydroxylation is 2. The Kier molecular flexibility index (Phi) is 8.33. The van der Waals surface area contributed by atoms with Gasteiger partial charge in [0.15, 0.2) is 0 Å². The van der Waals surface area contributed by atoms with E-state index in [-0.39, 0.29) is 0 Å². The minimum Gasteiger partial charge on any atom is -0.222 e. The van der Waals surface area contributed by atoms with Gasteiger partial charge in [-0.15, -0.1) is 0 Å². The molecule has 4 heteroatoms. The maximum Gasteiger partial charge on any atom is 0.231 e. The molecule has 0 aromatic heterocycles. The summed E-state index contributed by atoms with van der Waals surface area (Å²) in [7, 11) is 0. The second-order valence-electron chi connectivity index (χ2n) is 3.18. The van der Waals surface area contributed by atoms with Crippen LogP contribution in [-0.2, 0) is 22.4 Å². The van der Waals surface area contributed by atoms with Gasteiger partial charge in [0.2, 0.25) is 12.2 Å². The SMILES string of the molecule is N=C=O.N=C=O.c1ccc2c(c1)CCCC2. The normalized spacial score (nSPS) is 11.2. The van der Waals surface area contributed by atoms with Gasteiger partial charge in [-0.05, 0) is 36.8 Å². The molecule has 0 saturated heterocycles. The Balaban J connectivity index is 0.000000321. The van der Waals surface area contributed by atoms with E-state index in [1.54, 1.807) is 11.1 Å². The molecule has 0 aliphatic heterocycles. The van der Waals surface area contributed by atoms with Crippen molar-refractivity contribution in [2.75, 3.05) is 0 Å². The number of nitrogens with one attached hydrogen (secondary N) is 2. The monoisotopic (exact) mass is 218 g/mol. The summed E-state index contributed by atoms with van der Waals surface area (Å²) in [5.41, 5.74) is 3.16. The van der Waals surface area contributed by atoms with Gasteiger partial charge >= 0.3 is 0 Å². The molecule has 4 nitrogen and oxygen atoms in total. The van der Waals surface area contributed by atoms with E-state index in [9.17, 15) is 0 Å². The first-order valence-electron chi connectivity index (χ1n) is 4.94. The predicted octanol–water partition coefficient (Wildman–Crippen LogP) is 2.37. The molecule has 0 atom stereocenters. The second kappa shape index (κ2) is 9.53. The first-order valence-corrected chi connectivity index (χ1v) is 4.94. The van der Waals surface area contributed by atoms with E-state index in [2.05, 4.69) is 24.3 Å². The Labute approximate surface area is 94.3 Å². The van der Waals surface area contributed by atoms with Crippen LogP contribution in [0.5, 0.6) is 0 Å². The lowest BCUT2D eigenvalue weighted by molar-refractivity contribution is 0.562. The molecule has 0 spiro atoms. The van der Waals surface area contributed by atoms with Crippen LogP contribution >= 0.6 is 0 Å². The van der Waals surface area contributed by atoms with Crippen LogP contribution in [0.2, 0.25) is 0 Å². The summed E-state index contributed by atoms with van der Waals surface area (Å²) in [5.74, 6) is 0. The number of benzene rings is 1. The van der Waals surface area contributed by atoms with Crippen molar-refractivity contribution in [2.24, 2.45) is 0 Å². The molecule has 2 N–H and O–H groups in total. The molecule has 0 amide bonds. The van der Waals surface area contributed by atoms with Gasteiger partial charge in [-0.2, -0.15) is 0 Å². The molecule has 84 valence electrons. The standard InChI is InChI=1S/C10H12.2CHNO/c1-2-6-10-8-4-3-7-9(10)5-1;2*2-1-3/h1-2,5-6H,3-4,7-8H2;2*2H. The third-order valence-corrected chi connectivity index (χ3v) is 2.26. The molecule has 1 aromatic carbocycles. The molecular formula is C12H14N2O2. The van der Waals surface area contributed by atoms with Crippen molar-refractivity contribution in [3.05, 3.63) is 35.4 Å². The fourth-order valence-corrected chi connectivity index (χ4v) is 1.68. The van der Waals surface area contributed by atoms with Gasteiger partial charge in [-0.3, -0.25) is 0 Å². The largest absolute Gasteiger partial charge is 0.231 e. The maximum absolute atomic E-state index is 8.35. The highest BCUT2D eigenvalue weighted by molar-refractivity contribution is 5.28. The summed E-state index contributed by atoms with van der Waals surface area (Å²) in [6.07, 6.45) is 6.88. The molecule has 0 fully saturated rings. The molecule has 0 heterocycles. The third kappa shape index (κ3) is 5.66. The van der Waals surface area contributed by atoms with Crippen LogP contribution in [0.1, 0.15) is 24.0 Å². The van der Waals surface area contributed by atoms with Crippen molar-refractivity contribution in [1.82, 2.24) is 0 Å². The Bertz CT molecular complexity index is 339. The van der Waals surface area contributed by atoms with Crippen molar-refractivity contribution in [3.63, 3.8) is 0 Å². The number of isocyanates is 2. The quantitative estimate of drug-likeness (QED) is 0.517. The van der Waals surface area contributed by atoms with Crippen molar-refractivity contribution < 1.29 is 9.59 Å². The molecule has 1 aliphatic carbocycles. The molecular weight excluding hydrogens is 204 g/mol. The van der Waals surface area contributed by atoms with Crippen LogP contribution in [0.25, 0.3) is 0 Å². The van der Waals surface area contributed by atoms with Crippen molar-refractivity contribution in [1.29, 1.82) is 10.8 Å². The van der Waals surface area contributed by atoms with Crippen LogP contribution in [-0.4, -0.2) is 12.2 Å². The molecule has 0 bridgehead atoms. The highest BCUT2D eigenvalue weighted by atomic mass is 16.1. The first kappa shape index (κ1) is 14.0. The van der Waals surface area contributed by atoms with Gasteiger partial charge in [0.25, 0.3) is 0 Å². The minimum atomic E-state index is 0.750. The highest BCUT2D eigenvalue weighted by Gasteiger charge is 2.05. The first-order chi connectivity index (χ1) is 7.79. The molecule has 0 unspecified atom stereocenters. The van der Waals surface area contributed by atoms with Crippen LogP contribution in [0, 0.1) is 10.8 Å². The van der Waals surface area contributed by atoms with Gasteiger partial charge in [-0.25, -0.2) is 20.4 Å². The average Bonchev–Trinajstić information content (AvgIpc) is 2.31. The van der Waals surface area contributed by atoms with Crippen LogP contribution in [0.3, 0.4) is 0 Å². The zero-order valence-electron chi connectivity index (χ0n) is 8.95. The molecule has 1 aromatic rings. The van der Waals surface area contributed by atoms with Gasteiger partial charge in [0.1, 0.15) is 0 Å². The molecule has 16 heavy (non-hydrogen) atoms. The van der Waals surface area contributed by atoms with Gasteiger partial charge in [0.05, 0.1) is 0 Å². The number of rotatable bonds is 0. The minimum absolute atomic E-state index is 0.750. The van der Waals surface area contributed by atoms with E-state index in [1.807, 2.05) is 0 Å². The zero-order chi connectivity index (χ0) is 12.2. The number of hydrogen-bond acceptors (Lipinski definition) is 4. The second-order valence-corrected chi connectivity index (χ2v) is 3.18. The topological polar surface area (TPSA) is 81.8 Å². The van der Waals surface area contributed by atoms with E-state index in [0.29, 0.717) is 0 Å². The van der Waals surface area contributed by atoms with Crippen LogP contribution < -0.4 is 0 Å². The van der Waals surface area contributed by atoms with Crippen molar-refractivity contribution in [2.45, 2.75) is 25.7 Å². The van der Waals surface area contributed by atoms with Crippen LogP contribution in [0.15, 0.2) is 24.3 Å². The highest BCUT2D eigenvalue weighted by Crippen LogP contribution is 2.19. The number of carbonyl (C=O) groups excluding carboxylic acids is 2. The molecule has 2 rings (SSSR count). The molecule has 0 saturated carbocycles. The number of hydrogen-bond donors (Lipinski definition) is 2. The Morgan fingerprint density at radius 2 is 1.19 bits per heavy atom. The van der Waals surface area contributed by atoms with Gasteiger partial charge in [-0.1, -0.05) is 24.3 Å². The summed E-state index contributed by atoms with van der Waals surface area (Å²) in [6.45, 7) is 0. The predicted molar refractivity (Wildman–Crippen MR) is 59.9 cm³/mol. The fourth-order valence-electron chi connectivity index (χ4n) is 1.68.